The average molecular weight is 392 g/mol. The van der Waals surface area contributed by atoms with E-state index in [0.29, 0.717) is 16.7 Å². The number of hydrogen-bond donors (Lipinski definition) is 1. The molecule has 0 spiro atoms. The van der Waals surface area contributed by atoms with Crippen LogP contribution in [0.2, 0.25) is 0 Å². The van der Waals surface area contributed by atoms with Crippen molar-refractivity contribution in [3.8, 4) is 0 Å². The van der Waals surface area contributed by atoms with Crippen molar-refractivity contribution in [2.75, 3.05) is 13.2 Å². The smallest absolute Gasteiger partial charge is 0.338 e. The SMILES string of the molecule is O=C(O)c1ccccc1.O=C(OCCOC(=O)c1ccccc1)c1ccccc1. The molecule has 6 nitrogen and oxygen atoms in total. The number of hydrogen-bond acceptors (Lipinski definition) is 5. The molecule has 0 saturated heterocycles. The molecule has 0 radical (unpaired) electrons. The maximum atomic E-state index is 11.6. The third kappa shape index (κ3) is 7.68. The van der Waals surface area contributed by atoms with Crippen molar-refractivity contribution in [3.05, 3.63) is 108 Å². The molecule has 0 aliphatic rings. The number of ether oxygens (including phenoxy) is 2. The second kappa shape index (κ2) is 11.7. The van der Waals surface area contributed by atoms with E-state index in [9.17, 15) is 14.4 Å². The average Bonchev–Trinajstić information content (AvgIpc) is 2.78. The highest BCUT2D eigenvalue weighted by Crippen LogP contribution is 2.03. The van der Waals surface area contributed by atoms with Crippen molar-refractivity contribution in [1.82, 2.24) is 0 Å². The maximum absolute atomic E-state index is 11.6. The van der Waals surface area contributed by atoms with E-state index in [0.717, 1.165) is 0 Å². The van der Waals surface area contributed by atoms with Gasteiger partial charge in [-0.25, -0.2) is 14.4 Å². The molecule has 0 aliphatic heterocycles. The highest BCUT2D eigenvalue weighted by Gasteiger charge is 2.08. The molecule has 1 N–H and O–H groups in total. The van der Waals surface area contributed by atoms with Gasteiger partial charge in [0.25, 0.3) is 0 Å². The van der Waals surface area contributed by atoms with E-state index in [1.54, 1.807) is 78.9 Å². The lowest BCUT2D eigenvalue weighted by molar-refractivity contribution is 0.0265. The largest absolute Gasteiger partial charge is 0.478 e. The van der Waals surface area contributed by atoms with Crippen molar-refractivity contribution < 1.29 is 29.0 Å². The van der Waals surface area contributed by atoms with Crippen LogP contribution >= 0.6 is 0 Å². The van der Waals surface area contributed by atoms with Crippen LogP contribution in [-0.4, -0.2) is 36.2 Å². The fourth-order valence-corrected chi connectivity index (χ4v) is 2.16. The van der Waals surface area contributed by atoms with Crippen LogP contribution in [0.1, 0.15) is 31.1 Å². The first kappa shape index (κ1) is 21.4. The van der Waals surface area contributed by atoms with E-state index < -0.39 is 17.9 Å². The summed E-state index contributed by atoms with van der Waals surface area (Å²) in [5, 5.41) is 8.38. The maximum Gasteiger partial charge on any atom is 0.338 e. The van der Waals surface area contributed by atoms with Gasteiger partial charge in [0.2, 0.25) is 0 Å². The summed E-state index contributed by atoms with van der Waals surface area (Å²) >= 11 is 0. The number of carbonyl (C=O) groups excluding carboxylic acids is 2. The number of carboxylic acid groups (broad SMARTS) is 1. The van der Waals surface area contributed by atoms with Crippen molar-refractivity contribution >= 4 is 17.9 Å². The van der Waals surface area contributed by atoms with Crippen LogP contribution in [0.3, 0.4) is 0 Å². The van der Waals surface area contributed by atoms with E-state index in [2.05, 4.69) is 0 Å². The highest BCUT2D eigenvalue weighted by atomic mass is 16.6. The molecule has 6 heteroatoms. The van der Waals surface area contributed by atoms with Crippen molar-refractivity contribution in [3.63, 3.8) is 0 Å². The zero-order valence-electron chi connectivity index (χ0n) is 15.6. The minimum Gasteiger partial charge on any atom is -0.478 e. The second-order valence-corrected chi connectivity index (χ2v) is 5.68. The predicted octanol–water partition coefficient (Wildman–Crippen LogP) is 4.09. The first-order valence-electron chi connectivity index (χ1n) is 8.80. The van der Waals surface area contributed by atoms with Gasteiger partial charge in [0.15, 0.2) is 0 Å². The third-order valence-electron chi connectivity index (χ3n) is 3.59. The normalized spacial score (nSPS) is 9.52. The van der Waals surface area contributed by atoms with E-state index in [4.69, 9.17) is 14.6 Å². The summed E-state index contributed by atoms with van der Waals surface area (Å²) in [5.41, 5.74) is 1.28. The Morgan fingerprint density at radius 2 is 0.862 bits per heavy atom. The Morgan fingerprint density at radius 1 is 0.552 bits per heavy atom. The van der Waals surface area contributed by atoms with Gasteiger partial charge in [-0.1, -0.05) is 54.6 Å². The quantitative estimate of drug-likeness (QED) is 0.502. The zero-order valence-corrected chi connectivity index (χ0v) is 15.6. The first-order chi connectivity index (χ1) is 14.1. The molecule has 0 bridgehead atoms. The van der Waals surface area contributed by atoms with Crippen LogP contribution in [0.4, 0.5) is 0 Å². The predicted molar refractivity (Wildman–Crippen MR) is 107 cm³/mol. The molecule has 3 aromatic carbocycles. The van der Waals surface area contributed by atoms with E-state index in [-0.39, 0.29) is 13.2 Å². The Labute approximate surface area is 168 Å². The van der Waals surface area contributed by atoms with Gasteiger partial charge in [0.1, 0.15) is 13.2 Å². The fraction of sp³-hybridized carbons (Fsp3) is 0.0870. The number of carboxylic acids is 1. The van der Waals surface area contributed by atoms with Crippen LogP contribution in [0.5, 0.6) is 0 Å². The molecule has 0 atom stereocenters. The van der Waals surface area contributed by atoms with Crippen LogP contribution in [0.25, 0.3) is 0 Å². The summed E-state index contributed by atoms with van der Waals surface area (Å²) in [5.74, 6) is -1.74. The summed E-state index contributed by atoms with van der Waals surface area (Å²) in [6, 6.07) is 25.6. The summed E-state index contributed by atoms with van der Waals surface area (Å²) < 4.78 is 10.00. The number of benzene rings is 3. The second-order valence-electron chi connectivity index (χ2n) is 5.68. The molecule has 0 aromatic heterocycles. The monoisotopic (exact) mass is 392 g/mol. The molecular formula is C23H20O6. The van der Waals surface area contributed by atoms with E-state index in [1.807, 2.05) is 12.1 Å². The molecule has 0 unspecified atom stereocenters. The van der Waals surface area contributed by atoms with Crippen molar-refractivity contribution in [2.24, 2.45) is 0 Å². The molecule has 29 heavy (non-hydrogen) atoms. The van der Waals surface area contributed by atoms with E-state index in [1.165, 1.54) is 0 Å². The Morgan fingerprint density at radius 3 is 1.14 bits per heavy atom. The standard InChI is InChI=1S/C16H14O4.C7H6O2/c17-15(13-7-3-1-4-8-13)19-11-12-20-16(18)14-9-5-2-6-10-14;8-7(9)6-4-2-1-3-5-6/h1-10H,11-12H2;1-5H,(H,8,9). The summed E-state index contributed by atoms with van der Waals surface area (Å²) in [4.78, 5) is 33.4. The Hall–Kier alpha value is -3.93. The molecule has 148 valence electrons. The fourth-order valence-electron chi connectivity index (χ4n) is 2.16. The molecule has 0 saturated carbocycles. The van der Waals surface area contributed by atoms with Crippen molar-refractivity contribution in [2.45, 2.75) is 0 Å². The van der Waals surface area contributed by atoms with Gasteiger partial charge in [-0.3, -0.25) is 0 Å². The minimum absolute atomic E-state index is 0.0340. The number of carbonyl (C=O) groups is 3. The number of aromatic carboxylic acids is 1. The van der Waals surface area contributed by atoms with Crippen molar-refractivity contribution in [1.29, 1.82) is 0 Å². The van der Waals surface area contributed by atoms with Crippen LogP contribution in [-0.2, 0) is 9.47 Å². The summed E-state index contributed by atoms with van der Waals surface area (Å²) in [7, 11) is 0. The minimum atomic E-state index is -0.879. The molecule has 0 amide bonds. The molecule has 3 rings (SSSR count). The number of esters is 2. The molecule has 0 aliphatic carbocycles. The lowest BCUT2D eigenvalue weighted by Crippen LogP contribution is -2.14. The van der Waals surface area contributed by atoms with E-state index >= 15 is 0 Å². The van der Waals surface area contributed by atoms with Gasteiger partial charge >= 0.3 is 17.9 Å². The summed E-state index contributed by atoms with van der Waals surface area (Å²) in [6.45, 7) is 0.0681. The molecule has 0 heterocycles. The van der Waals surface area contributed by atoms with Gasteiger partial charge in [-0.2, -0.15) is 0 Å². The van der Waals surface area contributed by atoms with Gasteiger partial charge in [-0.15, -0.1) is 0 Å². The lowest BCUT2D eigenvalue weighted by Gasteiger charge is -2.06. The van der Waals surface area contributed by atoms with Gasteiger partial charge in [0.05, 0.1) is 16.7 Å². The number of rotatable bonds is 6. The molecular weight excluding hydrogens is 372 g/mol. The van der Waals surface area contributed by atoms with Crippen LogP contribution in [0, 0.1) is 0 Å². The first-order valence-corrected chi connectivity index (χ1v) is 8.80. The summed E-state index contributed by atoms with van der Waals surface area (Å²) in [6.07, 6.45) is 0. The Kier molecular flexibility index (Phi) is 8.63. The molecule has 3 aromatic rings. The van der Waals surface area contributed by atoms with Crippen LogP contribution < -0.4 is 0 Å². The molecule has 0 fully saturated rings. The Balaban J connectivity index is 0.000000278. The third-order valence-corrected chi connectivity index (χ3v) is 3.59. The topological polar surface area (TPSA) is 89.9 Å². The Bertz CT molecular complexity index is 854. The van der Waals surface area contributed by atoms with Gasteiger partial charge in [-0.05, 0) is 36.4 Å². The highest BCUT2D eigenvalue weighted by molar-refractivity contribution is 5.90. The lowest BCUT2D eigenvalue weighted by atomic mass is 10.2. The van der Waals surface area contributed by atoms with Crippen LogP contribution in [0.15, 0.2) is 91.0 Å². The van der Waals surface area contributed by atoms with Gasteiger partial charge < -0.3 is 14.6 Å². The zero-order chi connectivity index (χ0) is 20.9. The van der Waals surface area contributed by atoms with Gasteiger partial charge in [0, 0.05) is 0 Å².